The maximum absolute atomic E-state index is 14.2. The number of urea groups is 1. The second-order valence-corrected chi connectivity index (χ2v) is 6.46. The molecule has 2 rings (SSSR count). The summed E-state index contributed by atoms with van der Waals surface area (Å²) in [6.45, 7) is 5.97. The van der Waals surface area contributed by atoms with Crippen molar-refractivity contribution in [2.24, 2.45) is 5.92 Å². The van der Waals surface area contributed by atoms with Crippen LogP contribution in [0.15, 0.2) is 36.9 Å². The van der Waals surface area contributed by atoms with Crippen molar-refractivity contribution in [1.82, 2.24) is 20.2 Å². The standard InChI is InChI=1S/C18H25FN4O2/c1-4-13(2)18(3,25)11-22-17(24)21-10-14-5-6-16(15(19)9-14)23-8-7-20-12-23/h5-9,12-13,25H,4,10-11H2,1-3H3,(H2,21,22,24). The summed E-state index contributed by atoms with van der Waals surface area (Å²) in [6.07, 6.45) is 5.58. The molecule has 1 aromatic carbocycles. The van der Waals surface area contributed by atoms with Gasteiger partial charge < -0.3 is 20.3 Å². The molecular weight excluding hydrogens is 323 g/mol. The smallest absolute Gasteiger partial charge is 0.315 e. The fourth-order valence-corrected chi connectivity index (χ4v) is 2.39. The first-order valence-corrected chi connectivity index (χ1v) is 8.34. The van der Waals surface area contributed by atoms with E-state index in [1.54, 1.807) is 36.0 Å². The Hall–Kier alpha value is -2.41. The van der Waals surface area contributed by atoms with E-state index in [0.29, 0.717) is 11.3 Å². The van der Waals surface area contributed by atoms with Crippen LogP contribution in [-0.2, 0) is 6.54 Å². The molecule has 0 saturated carbocycles. The van der Waals surface area contributed by atoms with Gasteiger partial charge in [0, 0.05) is 25.5 Å². The summed E-state index contributed by atoms with van der Waals surface area (Å²) in [5.41, 5.74) is 0.0745. The van der Waals surface area contributed by atoms with Crippen molar-refractivity contribution in [2.75, 3.05) is 6.54 Å². The van der Waals surface area contributed by atoms with Gasteiger partial charge in [-0.3, -0.25) is 0 Å². The van der Waals surface area contributed by atoms with Crippen LogP contribution in [-0.4, -0.2) is 32.8 Å². The average molecular weight is 348 g/mol. The van der Waals surface area contributed by atoms with Crippen LogP contribution in [0.3, 0.4) is 0 Å². The number of hydrogen-bond donors (Lipinski definition) is 3. The molecule has 0 bridgehead atoms. The summed E-state index contributed by atoms with van der Waals surface area (Å²) >= 11 is 0. The van der Waals surface area contributed by atoms with Crippen molar-refractivity contribution in [3.05, 3.63) is 48.3 Å². The van der Waals surface area contributed by atoms with Crippen LogP contribution in [0.25, 0.3) is 5.69 Å². The van der Waals surface area contributed by atoms with E-state index in [2.05, 4.69) is 15.6 Å². The Morgan fingerprint density at radius 2 is 2.20 bits per heavy atom. The lowest BCUT2D eigenvalue weighted by atomic mass is 9.89. The molecule has 0 saturated heterocycles. The highest BCUT2D eigenvalue weighted by Crippen LogP contribution is 2.18. The van der Waals surface area contributed by atoms with E-state index in [-0.39, 0.29) is 19.0 Å². The molecule has 7 heteroatoms. The first-order valence-electron chi connectivity index (χ1n) is 8.34. The van der Waals surface area contributed by atoms with Crippen LogP contribution < -0.4 is 10.6 Å². The van der Waals surface area contributed by atoms with E-state index in [9.17, 15) is 14.3 Å². The third-order valence-corrected chi connectivity index (χ3v) is 4.53. The van der Waals surface area contributed by atoms with Gasteiger partial charge in [0.15, 0.2) is 0 Å². The molecular formula is C18H25FN4O2. The number of nitrogens with zero attached hydrogens (tertiary/aromatic N) is 2. The molecule has 136 valence electrons. The zero-order valence-corrected chi connectivity index (χ0v) is 14.8. The Kier molecular flexibility index (Phi) is 6.14. The van der Waals surface area contributed by atoms with Gasteiger partial charge in [-0.15, -0.1) is 0 Å². The number of nitrogens with one attached hydrogen (secondary N) is 2. The summed E-state index contributed by atoms with van der Waals surface area (Å²) in [5, 5.41) is 15.6. The minimum Gasteiger partial charge on any atom is -0.388 e. The van der Waals surface area contributed by atoms with Gasteiger partial charge in [0.2, 0.25) is 0 Å². The molecule has 0 spiro atoms. The number of benzene rings is 1. The molecule has 2 atom stereocenters. The fraction of sp³-hybridized carbons (Fsp3) is 0.444. The molecule has 3 N–H and O–H groups in total. The Morgan fingerprint density at radius 3 is 2.80 bits per heavy atom. The van der Waals surface area contributed by atoms with E-state index in [0.717, 1.165) is 6.42 Å². The third kappa shape index (κ3) is 5.03. The van der Waals surface area contributed by atoms with Crippen molar-refractivity contribution in [1.29, 1.82) is 0 Å². The molecule has 2 unspecified atom stereocenters. The normalized spacial score (nSPS) is 14.6. The fourth-order valence-electron chi connectivity index (χ4n) is 2.39. The lowest BCUT2D eigenvalue weighted by Gasteiger charge is -2.29. The Balaban J connectivity index is 1.87. The molecule has 25 heavy (non-hydrogen) atoms. The lowest BCUT2D eigenvalue weighted by Crippen LogP contribution is -2.47. The van der Waals surface area contributed by atoms with E-state index in [1.807, 2.05) is 13.8 Å². The zero-order chi connectivity index (χ0) is 18.4. The Morgan fingerprint density at radius 1 is 1.44 bits per heavy atom. The van der Waals surface area contributed by atoms with E-state index < -0.39 is 17.4 Å². The van der Waals surface area contributed by atoms with Crippen LogP contribution in [0.1, 0.15) is 32.8 Å². The van der Waals surface area contributed by atoms with Crippen molar-refractivity contribution < 1.29 is 14.3 Å². The number of halogens is 1. The molecule has 1 heterocycles. The summed E-state index contributed by atoms with van der Waals surface area (Å²) in [7, 11) is 0. The largest absolute Gasteiger partial charge is 0.388 e. The summed E-state index contributed by atoms with van der Waals surface area (Å²) in [5.74, 6) is -0.324. The third-order valence-electron chi connectivity index (χ3n) is 4.53. The number of carbonyl (C=O) groups excluding carboxylic acids is 1. The van der Waals surface area contributed by atoms with E-state index in [1.165, 1.54) is 12.4 Å². The summed E-state index contributed by atoms with van der Waals surface area (Å²) in [6, 6.07) is 4.36. The molecule has 0 aliphatic carbocycles. The number of rotatable bonds is 7. The maximum atomic E-state index is 14.2. The van der Waals surface area contributed by atoms with Crippen molar-refractivity contribution >= 4 is 6.03 Å². The minimum atomic E-state index is -0.968. The highest BCUT2D eigenvalue weighted by molar-refractivity contribution is 5.73. The predicted octanol–water partition coefficient (Wildman–Crippen LogP) is 2.61. The number of amides is 2. The van der Waals surface area contributed by atoms with Gasteiger partial charge in [0.25, 0.3) is 0 Å². The molecule has 0 radical (unpaired) electrons. The molecule has 6 nitrogen and oxygen atoms in total. The Labute approximate surface area is 147 Å². The van der Waals surface area contributed by atoms with Crippen LogP contribution >= 0.6 is 0 Å². The van der Waals surface area contributed by atoms with Gasteiger partial charge in [0.1, 0.15) is 5.82 Å². The van der Waals surface area contributed by atoms with E-state index in [4.69, 9.17) is 0 Å². The van der Waals surface area contributed by atoms with Crippen LogP contribution in [0.5, 0.6) is 0 Å². The van der Waals surface area contributed by atoms with E-state index >= 15 is 0 Å². The predicted molar refractivity (Wildman–Crippen MR) is 93.8 cm³/mol. The number of aliphatic hydroxyl groups is 1. The number of aromatic nitrogens is 2. The van der Waals surface area contributed by atoms with Gasteiger partial charge in [-0.25, -0.2) is 14.2 Å². The lowest BCUT2D eigenvalue weighted by molar-refractivity contribution is 0.00790. The number of imidazole rings is 1. The average Bonchev–Trinajstić information content (AvgIpc) is 3.11. The number of hydrogen-bond acceptors (Lipinski definition) is 3. The van der Waals surface area contributed by atoms with Gasteiger partial charge in [-0.05, 0) is 30.5 Å². The van der Waals surface area contributed by atoms with Crippen molar-refractivity contribution in [3.63, 3.8) is 0 Å². The quantitative estimate of drug-likeness (QED) is 0.720. The van der Waals surface area contributed by atoms with Crippen molar-refractivity contribution in [2.45, 2.75) is 39.3 Å². The van der Waals surface area contributed by atoms with Crippen LogP contribution in [0, 0.1) is 11.7 Å². The number of carbonyl (C=O) groups is 1. The van der Waals surface area contributed by atoms with Gasteiger partial charge in [-0.1, -0.05) is 26.3 Å². The zero-order valence-electron chi connectivity index (χ0n) is 14.8. The topological polar surface area (TPSA) is 79.2 Å². The highest BCUT2D eigenvalue weighted by Gasteiger charge is 2.27. The summed E-state index contributed by atoms with van der Waals surface area (Å²) in [4.78, 5) is 15.8. The maximum Gasteiger partial charge on any atom is 0.315 e. The SMILES string of the molecule is CCC(C)C(C)(O)CNC(=O)NCc1ccc(-n2ccnc2)c(F)c1. The summed E-state index contributed by atoms with van der Waals surface area (Å²) < 4.78 is 15.7. The molecule has 1 aromatic heterocycles. The first kappa shape index (κ1) is 18.9. The molecule has 0 fully saturated rings. The highest BCUT2D eigenvalue weighted by atomic mass is 19.1. The van der Waals surface area contributed by atoms with Gasteiger partial charge >= 0.3 is 6.03 Å². The molecule has 0 aliphatic heterocycles. The molecule has 2 aromatic rings. The minimum absolute atomic E-state index is 0.0672. The van der Waals surface area contributed by atoms with Crippen LogP contribution in [0.4, 0.5) is 9.18 Å². The van der Waals surface area contributed by atoms with Gasteiger partial charge in [-0.2, -0.15) is 0 Å². The molecule has 2 amide bonds. The van der Waals surface area contributed by atoms with Gasteiger partial charge in [0.05, 0.1) is 17.6 Å². The first-order chi connectivity index (χ1) is 11.8. The monoisotopic (exact) mass is 348 g/mol. The molecule has 0 aliphatic rings. The Bertz CT molecular complexity index is 701. The van der Waals surface area contributed by atoms with Crippen LogP contribution in [0.2, 0.25) is 0 Å². The van der Waals surface area contributed by atoms with Crippen molar-refractivity contribution in [3.8, 4) is 5.69 Å². The second-order valence-electron chi connectivity index (χ2n) is 6.46. The second kappa shape index (κ2) is 8.11.